The van der Waals surface area contributed by atoms with E-state index < -0.39 is 54.5 Å². The van der Waals surface area contributed by atoms with E-state index in [0.717, 1.165) is 4.90 Å². The number of aliphatic hydroxyl groups excluding tert-OH is 2. The first kappa shape index (κ1) is 27.9. The lowest BCUT2D eigenvalue weighted by atomic mass is 9.99. The number of aliphatic hydroxyl groups is 2. The van der Waals surface area contributed by atoms with E-state index in [2.05, 4.69) is 6.58 Å². The molecule has 2 N–H and O–H groups in total. The second-order valence-corrected chi connectivity index (χ2v) is 9.49. The number of ether oxygens (including phenoxy) is 4. The van der Waals surface area contributed by atoms with Crippen molar-refractivity contribution >= 4 is 23.7 Å². The average Bonchev–Trinajstić information content (AvgIpc) is 2.89. The van der Waals surface area contributed by atoms with Crippen LogP contribution in [0.3, 0.4) is 0 Å². The molecule has 1 saturated heterocycles. The summed E-state index contributed by atoms with van der Waals surface area (Å²) in [6, 6.07) is 17.8. The monoisotopic (exact) mass is 516 g/mol. The van der Waals surface area contributed by atoms with Crippen LogP contribution < -0.4 is 0 Å². The third kappa shape index (κ3) is 7.91. The Morgan fingerprint density at radius 2 is 1.72 bits per heavy atom. The zero-order valence-corrected chi connectivity index (χ0v) is 20.9. The van der Waals surface area contributed by atoms with Gasteiger partial charge in [0, 0.05) is 11.3 Å². The quantitative estimate of drug-likeness (QED) is 0.324. The van der Waals surface area contributed by atoms with E-state index in [1.54, 1.807) is 43.3 Å². The molecule has 0 aliphatic carbocycles. The van der Waals surface area contributed by atoms with Gasteiger partial charge in [0.1, 0.15) is 17.6 Å². The molecule has 0 amide bonds. The number of hydrogen-bond donors (Lipinski definition) is 2. The Labute approximate surface area is 215 Å². The molecule has 3 rings (SSSR count). The van der Waals surface area contributed by atoms with Crippen LogP contribution in [0.15, 0.2) is 78.2 Å². The van der Waals surface area contributed by atoms with Gasteiger partial charge in [-0.15, -0.1) is 6.58 Å². The predicted octanol–water partition coefficient (Wildman–Crippen LogP) is 3.37. The summed E-state index contributed by atoms with van der Waals surface area (Å²) in [5.74, 6) is -1.24. The van der Waals surface area contributed by atoms with Gasteiger partial charge in [0.05, 0.1) is 24.9 Å². The number of carbonyl (C=O) groups excluding carboxylic acids is 2. The first-order valence-electron chi connectivity index (χ1n) is 11.8. The molecular formula is C27H32O8S. The number of thioether (sulfide) groups is 1. The van der Waals surface area contributed by atoms with Crippen molar-refractivity contribution in [2.45, 2.75) is 60.6 Å². The zero-order chi connectivity index (χ0) is 25.9. The van der Waals surface area contributed by atoms with Crippen LogP contribution in [0, 0.1) is 0 Å². The van der Waals surface area contributed by atoms with Gasteiger partial charge >= 0.3 is 11.9 Å². The van der Waals surface area contributed by atoms with Gasteiger partial charge in [0.15, 0.2) is 12.2 Å². The van der Waals surface area contributed by atoms with E-state index in [-0.39, 0.29) is 19.4 Å². The van der Waals surface area contributed by atoms with Crippen LogP contribution in [0.5, 0.6) is 0 Å². The predicted molar refractivity (Wildman–Crippen MR) is 134 cm³/mol. The van der Waals surface area contributed by atoms with Crippen molar-refractivity contribution in [2.24, 2.45) is 0 Å². The molecule has 9 heteroatoms. The van der Waals surface area contributed by atoms with Crippen LogP contribution in [0.1, 0.15) is 30.1 Å². The first-order valence-corrected chi connectivity index (χ1v) is 12.6. The first-order chi connectivity index (χ1) is 17.4. The molecule has 1 unspecified atom stereocenters. The van der Waals surface area contributed by atoms with Crippen molar-refractivity contribution in [1.82, 2.24) is 0 Å². The van der Waals surface area contributed by atoms with E-state index in [1.807, 2.05) is 30.3 Å². The van der Waals surface area contributed by atoms with Crippen LogP contribution in [-0.4, -0.2) is 71.3 Å². The Hall–Kier alpha value is -2.69. The average molecular weight is 517 g/mol. The van der Waals surface area contributed by atoms with Crippen molar-refractivity contribution in [3.05, 3.63) is 78.9 Å². The smallest absolute Gasteiger partial charge is 0.338 e. The molecule has 8 nitrogen and oxygen atoms in total. The minimum Gasteiger partial charge on any atom is -0.455 e. The molecule has 0 aromatic heterocycles. The highest BCUT2D eigenvalue weighted by Crippen LogP contribution is 2.37. The molecule has 194 valence electrons. The largest absolute Gasteiger partial charge is 0.455 e. The van der Waals surface area contributed by atoms with Gasteiger partial charge < -0.3 is 29.2 Å². The van der Waals surface area contributed by atoms with Crippen molar-refractivity contribution in [1.29, 1.82) is 0 Å². The van der Waals surface area contributed by atoms with Gasteiger partial charge in [-0.2, -0.15) is 0 Å². The Bertz CT molecular complexity index is 968. The minimum atomic E-state index is -1.14. The Kier molecular flexibility index (Phi) is 11.0. The maximum Gasteiger partial charge on any atom is 0.338 e. The van der Waals surface area contributed by atoms with E-state index in [1.165, 1.54) is 11.8 Å². The van der Waals surface area contributed by atoms with Crippen LogP contribution in [0.2, 0.25) is 0 Å². The zero-order valence-electron chi connectivity index (χ0n) is 20.1. The van der Waals surface area contributed by atoms with Crippen molar-refractivity contribution in [2.75, 3.05) is 13.2 Å². The second kappa shape index (κ2) is 14.2. The topological polar surface area (TPSA) is 112 Å². The van der Waals surface area contributed by atoms with Crippen LogP contribution >= 0.6 is 11.8 Å². The van der Waals surface area contributed by atoms with E-state index in [9.17, 15) is 19.8 Å². The third-order valence-electron chi connectivity index (χ3n) is 5.46. The summed E-state index contributed by atoms with van der Waals surface area (Å²) >= 11 is 1.34. The molecule has 36 heavy (non-hydrogen) atoms. The fourth-order valence-electron chi connectivity index (χ4n) is 3.69. The Morgan fingerprint density at radius 1 is 1.06 bits per heavy atom. The highest BCUT2D eigenvalue weighted by atomic mass is 32.2. The van der Waals surface area contributed by atoms with Crippen LogP contribution in [0.4, 0.5) is 0 Å². The number of benzene rings is 2. The molecular weight excluding hydrogens is 484 g/mol. The van der Waals surface area contributed by atoms with Crippen molar-refractivity contribution in [3.8, 4) is 0 Å². The SMILES string of the molecule is C=CCO[C@@H]1[C@@H](OC(=O)CCC(C)O)[C@H](OC(=O)c2ccccc2)[C@@H](CO)O[C@@H]1Sc1ccccc1. The summed E-state index contributed by atoms with van der Waals surface area (Å²) in [5, 5.41) is 19.8. The molecule has 2 aromatic carbocycles. The van der Waals surface area contributed by atoms with E-state index in [0.29, 0.717) is 5.56 Å². The summed E-state index contributed by atoms with van der Waals surface area (Å²) in [4.78, 5) is 26.5. The number of esters is 2. The third-order valence-corrected chi connectivity index (χ3v) is 6.62. The highest BCUT2D eigenvalue weighted by molar-refractivity contribution is 7.99. The van der Waals surface area contributed by atoms with Gasteiger partial charge in [-0.3, -0.25) is 4.79 Å². The summed E-state index contributed by atoms with van der Waals surface area (Å²) in [6.07, 6.45) is -3.00. The standard InChI is InChI=1S/C27H32O8S/c1-3-16-32-25-24(34-22(30)15-14-18(2)29)23(35-26(31)19-10-6-4-7-11-19)21(17-28)33-27(25)36-20-12-8-5-9-13-20/h3-13,18,21,23-25,27-29H,1,14-17H2,2H3/t18?,21-,23-,24+,25-,27-/m1/s1. The minimum absolute atomic E-state index is 0.0388. The molecule has 1 fully saturated rings. The summed E-state index contributed by atoms with van der Waals surface area (Å²) in [5.41, 5.74) is -0.386. The molecule has 1 aliphatic rings. The Balaban J connectivity index is 1.92. The molecule has 0 bridgehead atoms. The maximum atomic E-state index is 12.9. The molecule has 0 spiro atoms. The van der Waals surface area contributed by atoms with Crippen LogP contribution in [-0.2, 0) is 23.7 Å². The summed E-state index contributed by atoms with van der Waals surface area (Å²) in [6.45, 7) is 4.93. The maximum absolute atomic E-state index is 12.9. The summed E-state index contributed by atoms with van der Waals surface area (Å²) in [7, 11) is 0. The lowest BCUT2D eigenvalue weighted by molar-refractivity contribution is -0.229. The summed E-state index contributed by atoms with van der Waals surface area (Å²) < 4.78 is 23.7. The fraction of sp³-hybridized carbons (Fsp3) is 0.407. The fourth-order valence-corrected chi connectivity index (χ4v) is 4.84. The van der Waals surface area contributed by atoms with E-state index >= 15 is 0 Å². The van der Waals surface area contributed by atoms with Gasteiger partial charge in [0.25, 0.3) is 0 Å². The van der Waals surface area contributed by atoms with E-state index in [4.69, 9.17) is 18.9 Å². The lowest BCUT2D eigenvalue weighted by Crippen LogP contribution is -2.61. The molecule has 0 radical (unpaired) electrons. The van der Waals surface area contributed by atoms with Crippen LogP contribution in [0.25, 0.3) is 0 Å². The Morgan fingerprint density at radius 3 is 2.33 bits per heavy atom. The van der Waals surface area contributed by atoms with Gasteiger partial charge in [0.2, 0.25) is 0 Å². The molecule has 6 atom stereocenters. The number of hydrogen-bond acceptors (Lipinski definition) is 9. The number of rotatable bonds is 12. The second-order valence-electron chi connectivity index (χ2n) is 8.32. The van der Waals surface area contributed by atoms with Gasteiger partial charge in [-0.1, -0.05) is 54.2 Å². The van der Waals surface area contributed by atoms with Gasteiger partial charge in [-0.05, 0) is 37.6 Å². The molecule has 1 aliphatic heterocycles. The molecule has 0 saturated carbocycles. The normalized spacial score (nSPS) is 24.5. The van der Waals surface area contributed by atoms with Gasteiger partial charge in [-0.25, -0.2) is 4.79 Å². The van der Waals surface area contributed by atoms with Crippen molar-refractivity contribution in [3.63, 3.8) is 0 Å². The number of carbonyl (C=O) groups is 2. The highest BCUT2D eigenvalue weighted by Gasteiger charge is 2.51. The van der Waals surface area contributed by atoms with Crippen molar-refractivity contribution < 1.29 is 38.7 Å². The lowest BCUT2D eigenvalue weighted by Gasteiger charge is -2.44. The molecule has 1 heterocycles. The molecule has 2 aromatic rings.